The number of nitrogens with zero attached hydrogens (tertiary/aromatic N) is 1. The Balaban J connectivity index is 1.31. The maximum atomic E-state index is 13.5. The number of para-hydroxylation sites is 1. The van der Waals surface area contributed by atoms with Crippen LogP contribution in [0.4, 0.5) is 9.18 Å². The van der Waals surface area contributed by atoms with E-state index >= 15 is 0 Å². The SMILES string of the molecule is CN(C(=O)Oc1ccccc1)C1CCC2(CC1)O[C@H](c1ccc(F)cc1)c1ccccc12. The van der Waals surface area contributed by atoms with Crippen molar-refractivity contribution in [1.29, 1.82) is 0 Å². The Labute approximate surface area is 187 Å². The highest BCUT2D eigenvalue weighted by Crippen LogP contribution is 2.53. The first-order valence-corrected chi connectivity index (χ1v) is 11.1. The number of ether oxygens (including phenoxy) is 2. The molecule has 1 heterocycles. The number of benzene rings is 3. The molecular weight excluding hydrogens is 405 g/mol. The molecule has 1 fully saturated rings. The van der Waals surface area contributed by atoms with E-state index in [1.54, 1.807) is 36.2 Å². The molecule has 2 aliphatic rings. The van der Waals surface area contributed by atoms with E-state index in [1.165, 1.54) is 17.7 Å². The van der Waals surface area contributed by atoms with Crippen molar-refractivity contribution in [1.82, 2.24) is 4.90 Å². The molecule has 32 heavy (non-hydrogen) atoms. The molecule has 164 valence electrons. The van der Waals surface area contributed by atoms with E-state index in [2.05, 4.69) is 12.1 Å². The second-order valence-corrected chi connectivity index (χ2v) is 8.65. The minimum atomic E-state index is -0.379. The molecule has 1 atom stereocenters. The van der Waals surface area contributed by atoms with Gasteiger partial charge in [-0.1, -0.05) is 54.6 Å². The molecule has 5 rings (SSSR count). The Bertz CT molecular complexity index is 1090. The molecule has 3 aromatic carbocycles. The van der Waals surface area contributed by atoms with Crippen molar-refractivity contribution in [3.8, 4) is 5.75 Å². The van der Waals surface area contributed by atoms with Gasteiger partial charge < -0.3 is 14.4 Å². The van der Waals surface area contributed by atoms with Gasteiger partial charge in [-0.15, -0.1) is 0 Å². The Morgan fingerprint density at radius 1 is 0.969 bits per heavy atom. The summed E-state index contributed by atoms with van der Waals surface area (Å²) in [7, 11) is 1.80. The average molecular weight is 432 g/mol. The molecule has 1 aliphatic heterocycles. The van der Waals surface area contributed by atoms with Crippen LogP contribution >= 0.6 is 0 Å². The maximum Gasteiger partial charge on any atom is 0.415 e. The number of halogens is 1. The highest BCUT2D eigenvalue weighted by atomic mass is 19.1. The molecule has 1 spiro atoms. The number of fused-ring (bicyclic) bond motifs is 2. The summed E-state index contributed by atoms with van der Waals surface area (Å²) in [6, 6.07) is 24.1. The highest BCUT2D eigenvalue weighted by molar-refractivity contribution is 5.70. The van der Waals surface area contributed by atoms with Gasteiger partial charge in [-0.25, -0.2) is 9.18 Å². The van der Waals surface area contributed by atoms with Gasteiger partial charge in [0.15, 0.2) is 0 Å². The Hall–Kier alpha value is -3.18. The fourth-order valence-electron chi connectivity index (χ4n) is 5.03. The summed E-state index contributed by atoms with van der Waals surface area (Å²) >= 11 is 0. The van der Waals surface area contributed by atoms with Gasteiger partial charge in [0, 0.05) is 13.1 Å². The van der Waals surface area contributed by atoms with Crippen LogP contribution in [-0.4, -0.2) is 24.1 Å². The number of carbonyl (C=O) groups excluding carboxylic acids is 1. The predicted octanol–water partition coefficient (Wildman–Crippen LogP) is 6.21. The zero-order valence-corrected chi connectivity index (χ0v) is 18.0. The van der Waals surface area contributed by atoms with Gasteiger partial charge in [-0.05, 0) is 66.6 Å². The topological polar surface area (TPSA) is 38.8 Å². The smallest absolute Gasteiger partial charge is 0.410 e. The van der Waals surface area contributed by atoms with E-state index in [9.17, 15) is 9.18 Å². The number of hydrogen-bond donors (Lipinski definition) is 0. The van der Waals surface area contributed by atoms with Gasteiger partial charge in [0.2, 0.25) is 0 Å². The third kappa shape index (κ3) is 3.78. The summed E-state index contributed by atoms with van der Waals surface area (Å²) < 4.78 is 25.7. The molecule has 5 heteroatoms. The molecule has 0 N–H and O–H groups in total. The summed E-state index contributed by atoms with van der Waals surface area (Å²) in [5.41, 5.74) is 2.94. The molecule has 1 saturated carbocycles. The lowest BCUT2D eigenvalue weighted by Crippen LogP contribution is -2.44. The van der Waals surface area contributed by atoms with E-state index < -0.39 is 0 Å². The van der Waals surface area contributed by atoms with Crippen LogP contribution in [0.2, 0.25) is 0 Å². The fourth-order valence-corrected chi connectivity index (χ4v) is 5.03. The third-order valence-corrected chi connectivity index (χ3v) is 6.80. The predicted molar refractivity (Wildman–Crippen MR) is 120 cm³/mol. The van der Waals surface area contributed by atoms with E-state index in [-0.39, 0.29) is 29.7 Å². The number of amides is 1. The van der Waals surface area contributed by atoms with Crippen molar-refractivity contribution in [2.45, 2.75) is 43.4 Å². The van der Waals surface area contributed by atoms with E-state index in [4.69, 9.17) is 9.47 Å². The average Bonchev–Trinajstić information content (AvgIpc) is 3.14. The highest BCUT2D eigenvalue weighted by Gasteiger charge is 2.48. The van der Waals surface area contributed by atoms with Crippen LogP contribution in [0.15, 0.2) is 78.9 Å². The van der Waals surface area contributed by atoms with Gasteiger partial charge in [-0.3, -0.25) is 0 Å². The van der Waals surface area contributed by atoms with Crippen molar-refractivity contribution in [2.75, 3.05) is 7.05 Å². The van der Waals surface area contributed by atoms with E-state index in [0.717, 1.165) is 36.8 Å². The van der Waals surface area contributed by atoms with Gasteiger partial charge in [-0.2, -0.15) is 0 Å². The lowest BCUT2D eigenvalue weighted by molar-refractivity contribution is -0.0928. The maximum absolute atomic E-state index is 13.5. The van der Waals surface area contributed by atoms with Crippen LogP contribution in [0.5, 0.6) is 5.75 Å². The van der Waals surface area contributed by atoms with Crippen molar-refractivity contribution >= 4 is 6.09 Å². The van der Waals surface area contributed by atoms with E-state index in [1.807, 2.05) is 30.3 Å². The van der Waals surface area contributed by atoms with Crippen LogP contribution < -0.4 is 4.74 Å². The molecule has 1 amide bonds. The minimum absolute atomic E-state index is 0.0949. The normalized spacial score (nSPS) is 24.2. The van der Waals surface area contributed by atoms with Crippen LogP contribution in [0, 0.1) is 5.82 Å². The Morgan fingerprint density at radius 2 is 1.62 bits per heavy atom. The van der Waals surface area contributed by atoms with Crippen molar-refractivity contribution in [2.24, 2.45) is 0 Å². The van der Waals surface area contributed by atoms with Gasteiger partial charge >= 0.3 is 6.09 Å². The zero-order chi connectivity index (χ0) is 22.1. The summed E-state index contributed by atoms with van der Waals surface area (Å²) in [5, 5.41) is 0. The Kier molecular flexibility index (Phi) is 5.43. The van der Waals surface area contributed by atoms with Gasteiger partial charge in [0.1, 0.15) is 17.7 Å². The molecule has 4 nitrogen and oxygen atoms in total. The quantitative estimate of drug-likeness (QED) is 0.495. The monoisotopic (exact) mass is 431 g/mol. The van der Waals surface area contributed by atoms with Crippen molar-refractivity contribution in [3.63, 3.8) is 0 Å². The molecule has 3 aromatic rings. The third-order valence-electron chi connectivity index (χ3n) is 6.80. The van der Waals surface area contributed by atoms with Gasteiger partial charge in [0.05, 0.1) is 5.60 Å². The Morgan fingerprint density at radius 3 is 2.34 bits per heavy atom. The number of rotatable bonds is 3. The summed E-state index contributed by atoms with van der Waals surface area (Å²) in [5.74, 6) is 0.299. The summed E-state index contributed by atoms with van der Waals surface area (Å²) in [6.07, 6.45) is 2.73. The largest absolute Gasteiger partial charge is 0.415 e. The minimum Gasteiger partial charge on any atom is -0.410 e. The fraction of sp³-hybridized carbons (Fsp3) is 0.296. The molecule has 1 aliphatic carbocycles. The first-order valence-electron chi connectivity index (χ1n) is 11.1. The molecule has 0 bridgehead atoms. The van der Waals surface area contributed by atoms with E-state index in [0.29, 0.717) is 5.75 Å². The molecule has 0 saturated heterocycles. The molecule has 0 aromatic heterocycles. The van der Waals surface area contributed by atoms with Gasteiger partial charge in [0.25, 0.3) is 0 Å². The van der Waals surface area contributed by atoms with Crippen LogP contribution in [-0.2, 0) is 10.3 Å². The first kappa shape index (κ1) is 20.7. The van der Waals surface area contributed by atoms with Crippen LogP contribution in [0.1, 0.15) is 48.5 Å². The number of carbonyl (C=O) groups is 1. The summed E-state index contributed by atoms with van der Waals surface area (Å²) in [6.45, 7) is 0. The second kappa shape index (κ2) is 8.40. The van der Waals surface area contributed by atoms with Crippen molar-refractivity contribution < 1.29 is 18.7 Å². The van der Waals surface area contributed by atoms with Crippen LogP contribution in [0.3, 0.4) is 0 Å². The first-order chi connectivity index (χ1) is 15.6. The zero-order valence-electron chi connectivity index (χ0n) is 18.0. The lowest BCUT2D eigenvalue weighted by Gasteiger charge is -2.40. The standard InChI is InChI=1S/C27H26FNO3/c1-29(26(30)31-22-7-3-2-4-8-22)21-15-17-27(18-16-21)24-10-6-5-9-23(24)25(32-27)19-11-13-20(28)14-12-19/h2-14,21,25H,15-18H2,1H3/t21?,25-,27?/m1/s1. The van der Waals surface area contributed by atoms with Crippen molar-refractivity contribution in [3.05, 3.63) is 101 Å². The van der Waals surface area contributed by atoms with Crippen LogP contribution in [0.25, 0.3) is 0 Å². The molecule has 0 unspecified atom stereocenters. The summed E-state index contributed by atoms with van der Waals surface area (Å²) in [4.78, 5) is 14.3. The lowest BCUT2D eigenvalue weighted by atomic mass is 9.77. The molecular formula is C27H26FNO3. The molecule has 0 radical (unpaired) electrons. The number of hydrogen-bond acceptors (Lipinski definition) is 3. The second-order valence-electron chi connectivity index (χ2n) is 8.65.